The Morgan fingerprint density at radius 2 is 2.05 bits per heavy atom. The van der Waals surface area contributed by atoms with Gasteiger partial charge in [-0.15, -0.1) is 11.8 Å². The van der Waals surface area contributed by atoms with Crippen molar-refractivity contribution in [2.45, 2.75) is 48.8 Å². The predicted octanol–water partition coefficient (Wildman–Crippen LogP) is 4.13. The molecule has 2 nitrogen and oxygen atoms in total. The number of fused-ring (bicyclic) bond motifs is 2. The normalized spacial score (nSPS) is 29.4. The standard InChI is InChI=1S/C16H20ClNOS/c1-10(20-14-6-4-13(17)5-7-14)16(19)18-15-9-11-2-3-12(15)8-11/h4-7,10-12,15H,2-3,8-9H2,1H3,(H,18,19)/t10-,11-,12-,15+/m0/s1. The van der Waals surface area contributed by atoms with Gasteiger partial charge in [-0.1, -0.05) is 18.0 Å². The van der Waals surface area contributed by atoms with Gasteiger partial charge in [0.1, 0.15) is 0 Å². The summed E-state index contributed by atoms with van der Waals surface area (Å²) in [6, 6.07) is 8.09. The molecule has 2 aliphatic carbocycles. The number of amides is 1. The maximum atomic E-state index is 12.3. The first-order valence-electron chi connectivity index (χ1n) is 7.34. The first kappa shape index (κ1) is 14.3. The third kappa shape index (κ3) is 3.15. The van der Waals surface area contributed by atoms with E-state index in [9.17, 15) is 4.79 Å². The van der Waals surface area contributed by atoms with Crippen LogP contribution in [0.3, 0.4) is 0 Å². The highest BCUT2D eigenvalue weighted by molar-refractivity contribution is 8.00. The molecule has 1 aromatic carbocycles. The first-order chi connectivity index (χ1) is 9.61. The SMILES string of the molecule is C[C@H](Sc1ccc(Cl)cc1)C(=O)N[C@@H]1C[C@H]2CC[C@H]1C2. The van der Waals surface area contributed by atoms with Crippen LogP contribution in [0.25, 0.3) is 0 Å². The molecule has 3 rings (SSSR count). The van der Waals surface area contributed by atoms with Crippen molar-refractivity contribution in [3.63, 3.8) is 0 Å². The molecule has 0 spiro atoms. The number of halogens is 1. The number of carbonyl (C=O) groups excluding carboxylic acids is 1. The van der Waals surface area contributed by atoms with Gasteiger partial charge in [-0.05, 0) is 62.3 Å². The van der Waals surface area contributed by atoms with Gasteiger partial charge in [-0.25, -0.2) is 0 Å². The summed E-state index contributed by atoms with van der Waals surface area (Å²) in [5.74, 6) is 1.77. The van der Waals surface area contributed by atoms with Crippen molar-refractivity contribution in [2.75, 3.05) is 0 Å². The zero-order valence-electron chi connectivity index (χ0n) is 11.6. The highest BCUT2D eigenvalue weighted by atomic mass is 35.5. The van der Waals surface area contributed by atoms with Crippen LogP contribution in [-0.4, -0.2) is 17.2 Å². The Bertz CT molecular complexity index is 490. The van der Waals surface area contributed by atoms with Gasteiger partial charge < -0.3 is 5.32 Å². The lowest BCUT2D eigenvalue weighted by atomic mass is 9.95. The Morgan fingerprint density at radius 3 is 2.65 bits per heavy atom. The van der Waals surface area contributed by atoms with Crippen LogP contribution >= 0.6 is 23.4 Å². The van der Waals surface area contributed by atoms with E-state index in [1.807, 2.05) is 31.2 Å². The first-order valence-corrected chi connectivity index (χ1v) is 8.60. The van der Waals surface area contributed by atoms with Crippen LogP contribution in [0.15, 0.2) is 29.2 Å². The van der Waals surface area contributed by atoms with Gasteiger partial charge in [0.25, 0.3) is 0 Å². The lowest BCUT2D eigenvalue weighted by molar-refractivity contribution is -0.121. The summed E-state index contributed by atoms with van der Waals surface area (Å²) in [5, 5.41) is 3.93. The largest absolute Gasteiger partial charge is 0.352 e. The minimum absolute atomic E-state index is 0.0599. The van der Waals surface area contributed by atoms with E-state index in [1.54, 1.807) is 11.8 Å². The lowest BCUT2D eigenvalue weighted by Gasteiger charge is -2.24. The van der Waals surface area contributed by atoms with Crippen LogP contribution in [0.2, 0.25) is 5.02 Å². The number of nitrogens with one attached hydrogen (secondary N) is 1. The Kier molecular flexibility index (Phi) is 4.27. The van der Waals surface area contributed by atoms with Crippen molar-refractivity contribution < 1.29 is 4.79 Å². The molecule has 0 unspecified atom stereocenters. The molecule has 108 valence electrons. The predicted molar refractivity (Wildman–Crippen MR) is 84.1 cm³/mol. The Labute approximate surface area is 129 Å². The summed E-state index contributed by atoms with van der Waals surface area (Å²) >= 11 is 7.46. The molecule has 2 saturated carbocycles. The minimum atomic E-state index is -0.0599. The van der Waals surface area contributed by atoms with E-state index in [1.165, 1.54) is 25.7 Å². The van der Waals surface area contributed by atoms with Gasteiger partial charge in [0.05, 0.1) is 5.25 Å². The van der Waals surface area contributed by atoms with E-state index in [0.29, 0.717) is 6.04 Å². The van der Waals surface area contributed by atoms with Gasteiger partial charge in [-0.3, -0.25) is 4.79 Å². The van der Waals surface area contributed by atoms with Crippen molar-refractivity contribution in [2.24, 2.45) is 11.8 Å². The average Bonchev–Trinajstić information content (AvgIpc) is 3.03. The van der Waals surface area contributed by atoms with Crippen molar-refractivity contribution >= 4 is 29.3 Å². The zero-order valence-corrected chi connectivity index (χ0v) is 13.2. The third-order valence-electron chi connectivity index (χ3n) is 4.56. The van der Waals surface area contributed by atoms with Crippen LogP contribution in [0.5, 0.6) is 0 Å². The summed E-state index contributed by atoms with van der Waals surface area (Å²) in [6.07, 6.45) is 5.18. The fraction of sp³-hybridized carbons (Fsp3) is 0.562. The molecule has 4 atom stereocenters. The summed E-state index contributed by atoms with van der Waals surface area (Å²) in [6.45, 7) is 1.97. The second-order valence-electron chi connectivity index (χ2n) is 6.00. The second-order valence-corrected chi connectivity index (χ2v) is 7.85. The molecule has 0 heterocycles. The molecule has 2 bridgehead atoms. The van der Waals surface area contributed by atoms with Gasteiger partial charge in [0, 0.05) is 16.0 Å². The number of rotatable bonds is 4. The highest BCUT2D eigenvalue weighted by Gasteiger charge is 2.40. The number of thioether (sulfide) groups is 1. The van der Waals surface area contributed by atoms with E-state index >= 15 is 0 Å². The van der Waals surface area contributed by atoms with Crippen LogP contribution < -0.4 is 5.32 Å². The second kappa shape index (κ2) is 5.98. The molecule has 0 aromatic heterocycles. The Balaban J connectivity index is 1.53. The Morgan fingerprint density at radius 1 is 1.30 bits per heavy atom. The van der Waals surface area contributed by atoms with Crippen molar-refractivity contribution in [1.29, 1.82) is 0 Å². The molecule has 2 aliphatic rings. The molecule has 0 aliphatic heterocycles. The molecular weight excluding hydrogens is 290 g/mol. The Hall–Kier alpha value is -0.670. The van der Waals surface area contributed by atoms with E-state index in [0.717, 1.165) is 21.8 Å². The third-order valence-corrected chi connectivity index (χ3v) is 5.93. The molecular formula is C16H20ClNOS. The van der Waals surface area contributed by atoms with Gasteiger partial charge in [0.15, 0.2) is 0 Å². The average molecular weight is 310 g/mol. The highest BCUT2D eigenvalue weighted by Crippen LogP contribution is 2.44. The summed E-state index contributed by atoms with van der Waals surface area (Å²) < 4.78 is 0. The van der Waals surface area contributed by atoms with E-state index in [2.05, 4.69) is 5.32 Å². The number of benzene rings is 1. The van der Waals surface area contributed by atoms with E-state index in [4.69, 9.17) is 11.6 Å². The quantitative estimate of drug-likeness (QED) is 0.847. The van der Waals surface area contributed by atoms with Gasteiger partial charge in [-0.2, -0.15) is 0 Å². The molecule has 0 radical (unpaired) electrons. The molecule has 1 N–H and O–H groups in total. The fourth-order valence-electron chi connectivity index (χ4n) is 3.49. The number of hydrogen-bond donors (Lipinski definition) is 1. The summed E-state index contributed by atoms with van der Waals surface area (Å²) in [5.41, 5.74) is 0. The smallest absolute Gasteiger partial charge is 0.233 e. The van der Waals surface area contributed by atoms with E-state index < -0.39 is 0 Å². The van der Waals surface area contributed by atoms with Crippen molar-refractivity contribution in [3.05, 3.63) is 29.3 Å². The van der Waals surface area contributed by atoms with Crippen LogP contribution in [0, 0.1) is 11.8 Å². The summed E-state index contributed by atoms with van der Waals surface area (Å²) in [7, 11) is 0. The molecule has 20 heavy (non-hydrogen) atoms. The molecule has 1 amide bonds. The topological polar surface area (TPSA) is 29.1 Å². The lowest BCUT2D eigenvalue weighted by Crippen LogP contribution is -2.42. The van der Waals surface area contributed by atoms with Gasteiger partial charge >= 0.3 is 0 Å². The maximum absolute atomic E-state index is 12.3. The molecule has 4 heteroatoms. The maximum Gasteiger partial charge on any atom is 0.233 e. The van der Waals surface area contributed by atoms with Crippen molar-refractivity contribution in [1.82, 2.24) is 5.32 Å². The van der Waals surface area contributed by atoms with Gasteiger partial charge in [0.2, 0.25) is 5.91 Å². The minimum Gasteiger partial charge on any atom is -0.352 e. The van der Waals surface area contributed by atoms with E-state index in [-0.39, 0.29) is 11.2 Å². The molecule has 1 aromatic rings. The zero-order chi connectivity index (χ0) is 14.1. The number of carbonyl (C=O) groups is 1. The van der Waals surface area contributed by atoms with Crippen molar-refractivity contribution in [3.8, 4) is 0 Å². The van der Waals surface area contributed by atoms with Crippen LogP contribution in [-0.2, 0) is 4.79 Å². The molecule has 0 saturated heterocycles. The number of hydrogen-bond acceptors (Lipinski definition) is 2. The summed E-state index contributed by atoms with van der Waals surface area (Å²) in [4.78, 5) is 13.4. The van der Waals surface area contributed by atoms with Crippen LogP contribution in [0.1, 0.15) is 32.6 Å². The molecule has 2 fully saturated rings. The fourth-order valence-corrected chi connectivity index (χ4v) is 4.49. The monoisotopic (exact) mass is 309 g/mol. The van der Waals surface area contributed by atoms with Crippen LogP contribution in [0.4, 0.5) is 0 Å².